The highest BCUT2D eigenvalue weighted by Gasteiger charge is 2.30. The average Bonchev–Trinajstić information content (AvgIpc) is 0.906. The molecule has 0 heterocycles. The molecule has 0 spiro atoms. The van der Waals surface area contributed by atoms with E-state index in [1.807, 2.05) is 42.5 Å². The second kappa shape index (κ2) is 79.3. The van der Waals surface area contributed by atoms with Crippen molar-refractivity contribution >= 4 is 39.5 Å². The lowest BCUT2D eigenvalue weighted by atomic mass is 10.1. The molecule has 0 radical (unpaired) electrons. The van der Waals surface area contributed by atoms with Gasteiger partial charge in [0.05, 0.1) is 26.4 Å². The van der Waals surface area contributed by atoms with Crippen LogP contribution in [0.25, 0.3) is 0 Å². The number of phosphoric acid groups is 2. The molecule has 108 heavy (non-hydrogen) atoms. The first kappa shape index (κ1) is 102. The van der Waals surface area contributed by atoms with Crippen LogP contribution in [0.15, 0.2) is 182 Å². The molecule has 0 saturated carbocycles. The molecule has 0 aromatic carbocycles. The number of aliphatic hydroxyl groups is 1. The van der Waals surface area contributed by atoms with E-state index in [0.717, 1.165) is 122 Å². The van der Waals surface area contributed by atoms with Gasteiger partial charge in [0, 0.05) is 25.7 Å². The van der Waals surface area contributed by atoms with Crippen LogP contribution in [-0.4, -0.2) is 96.7 Å². The molecule has 17 nitrogen and oxygen atoms in total. The number of unbranched alkanes of at least 4 members (excludes halogenated alkanes) is 19. The van der Waals surface area contributed by atoms with Crippen LogP contribution in [0.5, 0.6) is 0 Å². The minimum absolute atomic E-state index is 0.00522. The predicted molar refractivity (Wildman–Crippen MR) is 445 cm³/mol. The first-order valence-corrected chi connectivity index (χ1v) is 44.0. The molecule has 0 aliphatic heterocycles. The zero-order valence-electron chi connectivity index (χ0n) is 66.9. The molecule has 19 heteroatoms. The van der Waals surface area contributed by atoms with Crippen molar-refractivity contribution in [2.75, 3.05) is 39.6 Å². The summed E-state index contributed by atoms with van der Waals surface area (Å²) in [6, 6.07) is 0. The maximum absolute atomic E-state index is 13.1. The smallest absolute Gasteiger partial charge is 0.462 e. The van der Waals surface area contributed by atoms with E-state index in [2.05, 4.69) is 167 Å². The Morgan fingerprint density at radius 2 is 0.509 bits per heavy atom. The molecule has 0 aromatic heterocycles. The van der Waals surface area contributed by atoms with Crippen molar-refractivity contribution in [1.29, 1.82) is 0 Å². The third kappa shape index (κ3) is 78.3. The van der Waals surface area contributed by atoms with Gasteiger partial charge in [0.2, 0.25) is 0 Å². The minimum atomic E-state index is -5.02. The molecule has 0 fully saturated rings. The zero-order chi connectivity index (χ0) is 78.9. The number of aliphatic hydroxyl groups excluding tert-OH is 1. The third-order valence-corrected chi connectivity index (χ3v) is 18.2. The lowest BCUT2D eigenvalue weighted by Crippen LogP contribution is -2.30. The molecule has 3 N–H and O–H groups in total. The summed E-state index contributed by atoms with van der Waals surface area (Å²) in [6.45, 7) is 4.47. The molecule has 0 bridgehead atoms. The van der Waals surface area contributed by atoms with Gasteiger partial charge in [0.1, 0.15) is 19.3 Å². The third-order valence-electron chi connectivity index (χ3n) is 16.3. The summed E-state index contributed by atoms with van der Waals surface area (Å²) < 4.78 is 68.5. The van der Waals surface area contributed by atoms with E-state index < -0.39 is 97.5 Å². The van der Waals surface area contributed by atoms with Crippen LogP contribution in [0.4, 0.5) is 0 Å². The van der Waals surface area contributed by atoms with Crippen molar-refractivity contribution in [2.24, 2.45) is 0 Å². The van der Waals surface area contributed by atoms with E-state index in [9.17, 15) is 43.2 Å². The Bertz CT molecular complexity index is 2760. The molecule has 0 aliphatic rings. The van der Waals surface area contributed by atoms with Crippen molar-refractivity contribution in [3.63, 3.8) is 0 Å². The number of allylic oxidation sites excluding steroid dienone is 30. The van der Waals surface area contributed by atoms with Crippen LogP contribution < -0.4 is 0 Å². The first-order chi connectivity index (χ1) is 52.7. The highest BCUT2D eigenvalue weighted by molar-refractivity contribution is 7.47. The summed E-state index contributed by atoms with van der Waals surface area (Å²) in [4.78, 5) is 73.0. The summed E-state index contributed by atoms with van der Waals surface area (Å²) in [5.74, 6) is -2.43. The van der Waals surface area contributed by atoms with Gasteiger partial charge in [-0.15, -0.1) is 0 Å². The fraction of sp³-hybridized carbons (Fsp3) is 0.618. The minimum Gasteiger partial charge on any atom is -0.462 e. The Morgan fingerprint density at radius 1 is 0.269 bits per heavy atom. The molecule has 2 unspecified atom stereocenters. The van der Waals surface area contributed by atoms with Crippen LogP contribution >= 0.6 is 15.6 Å². The van der Waals surface area contributed by atoms with Crippen molar-refractivity contribution in [2.45, 2.75) is 316 Å². The van der Waals surface area contributed by atoms with Gasteiger partial charge in [0.25, 0.3) is 0 Å². The summed E-state index contributed by atoms with van der Waals surface area (Å²) in [5, 5.41) is 10.7. The fourth-order valence-corrected chi connectivity index (χ4v) is 11.7. The topological polar surface area (TPSA) is 237 Å². The number of rotatable bonds is 75. The highest BCUT2D eigenvalue weighted by atomic mass is 31.2. The summed E-state index contributed by atoms with van der Waals surface area (Å²) in [5.41, 5.74) is 0. The number of hydrogen-bond donors (Lipinski definition) is 3. The average molecular weight is 1550 g/mol. The van der Waals surface area contributed by atoms with Gasteiger partial charge < -0.3 is 33.8 Å². The van der Waals surface area contributed by atoms with Gasteiger partial charge in [0.15, 0.2) is 12.2 Å². The quantitative estimate of drug-likeness (QED) is 0.0169. The molecule has 0 saturated heterocycles. The number of carbonyl (C=O) groups excluding carboxylic acids is 4. The summed E-state index contributed by atoms with van der Waals surface area (Å²) in [6.07, 6.45) is 96.1. The lowest BCUT2D eigenvalue weighted by Gasteiger charge is -2.21. The van der Waals surface area contributed by atoms with E-state index in [0.29, 0.717) is 44.9 Å². The Morgan fingerprint density at radius 3 is 0.861 bits per heavy atom. The SMILES string of the molecule is CC/C=C\C/C=C\C/C=C\C/C=C\C/C=C\C/C=C\CCC(=O)OC[C@H](COP(=O)(O)OC[C@@H](O)COP(=O)(O)OC[C@@H](COC(=O)CCC/C=C\C/C=C\C/C=C\C/C=C\CCCCC)OC(=O)CCCCCCC/C=C\CCCCCCCC)OC(=O)CCC/C=C\C/C=C\C/C=C\C/C=C\CCCCC. The van der Waals surface area contributed by atoms with Gasteiger partial charge in [-0.05, 0) is 167 Å². The van der Waals surface area contributed by atoms with Crippen LogP contribution in [-0.2, 0) is 65.4 Å². The van der Waals surface area contributed by atoms with E-state index in [-0.39, 0.29) is 25.7 Å². The summed E-state index contributed by atoms with van der Waals surface area (Å²) >= 11 is 0. The van der Waals surface area contributed by atoms with Crippen molar-refractivity contribution in [3.8, 4) is 0 Å². The number of phosphoric ester groups is 2. The Kier molecular flexibility index (Phi) is 75.0. The van der Waals surface area contributed by atoms with E-state index >= 15 is 0 Å². The maximum atomic E-state index is 13.1. The van der Waals surface area contributed by atoms with Crippen LogP contribution in [0.1, 0.15) is 297 Å². The molecule has 0 aromatic rings. The Balaban J connectivity index is 5.56. The number of esters is 4. The van der Waals surface area contributed by atoms with E-state index in [1.54, 1.807) is 0 Å². The van der Waals surface area contributed by atoms with Crippen molar-refractivity contribution in [3.05, 3.63) is 182 Å². The molecule has 5 atom stereocenters. The van der Waals surface area contributed by atoms with Gasteiger partial charge in [-0.2, -0.15) is 0 Å². The number of hydrogen-bond acceptors (Lipinski definition) is 15. The van der Waals surface area contributed by atoms with Gasteiger partial charge in [-0.25, -0.2) is 9.13 Å². The van der Waals surface area contributed by atoms with Crippen LogP contribution in [0.3, 0.4) is 0 Å². The lowest BCUT2D eigenvalue weighted by molar-refractivity contribution is -0.161. The normalized spacial score (nSPS) is 14.8. The van der Waals surface area contributed by atoms with Gasteiger partial charge in [-0.3, -0.25) is 37.3 Å². The van der Waals surface area contributed by atoms with Crippen LogP contribution in [0.2, 0.25) is 0 Å². The molecule has 612 valence electrons. The second-order valence-corrected chi connectivity index (χ2v) is 29.5. The van der Waals surface area contributed by atoms with E-state index in [1.165, 1.54) is 77.0 Å². The number of carbonyl (C=O) groups is 4. The summed E-state index contributed by atoms with van der Waals surface area (Å²) in [7, 11) is -10.0. The first-order valence-electron chi connectivity index (χ1n) is 41.0. The molecule has 0 amide bonds. The van der Waals surface area contributed by atoms with Crippen molar-refractivity contribution in [1.82, 2.24) is 0 Å². The molecular weight excluding hydrogens is 1400 g/mol. The number of ether oxygens (including phenoxy) is 4. The monoisotopic (exact) mass is 1550 g/mol. The maximum Gasteiger partial charge on any atom is 0.472 e. The van der Waals surface area contributed by atoms with E-state index in [4.69, 9.17) is 37.0 Å². The van der Waals surface area contributed by atoms with Gasteiger partial charge in [-0.1, -0.05) is 287 Å². The Labute approximate surface area is 654 Å². The Hall–Kier alpha value is -5.84. The molecule has 0 rings (SSSR count). The predicted octanol–water partition coefficient (Wildman–Crippen LogP) is 24.3. The fourth-order valence-electron chi connectivity index (χ4n) is 10.1. The van der Waals surface area contributed by atoms with Crippen molar-refractivity contribution < 1.29 is 80.2 Å². The zero-order valence-corrected chi connectivity index (χ0v) is 68.7. The highest BCUT2D eigenvalue weighted by Crippen LogP contribution is 2.45. The molecule has 0 aliphatic carbocycles. The van der Waals surface area contributed by atoms with Crippen LogP contribution in [0, 0.1) is 0 Å². The standard InChI is InChI=1S/C89H144O17P2/c1-5-9-13-17-21-25-29-33-37-40-41-44-47-50-54-58-62-66-70-74-87(92)100-80-85(106-89(94)76-72-68-64-60-56-52-48-43-39-35-31-27-23-19-15-11-7-3)82-104-108(97,98)102-78-83(90)77-101-107(95,96)103-81-84(105-88(93)75-71-67-63-59-55-51-45-36-32-28-24-20-16-12-8-4)79-99-86(91)73-69-65-61-57-53-49-46-42-38-34-30-26-22-18-14-10-6-2/h9,13,21-23,25-27,33-39,41,44-46,48-50,52,54,57,60-62,64,66,83-85,90H,5-8,10-12,14-20,24,28-32,40,42-43,47,51,53,55-56,58-59,63,65,67-82H2,1-4H3,(H,95,96)(H,97,98)/b13-9-,25-21-,26-22-,27-23-,37-33-,38-34-,39-35-,44-41-,45-36-,49-46-,52-48-,54-50-,61-57-,64-60-,66-62-/t83-,84+,85+/m0/s1. The largest absolute Gasteiger partial charge is 0.472 e. The molecular formula is C89H144O17P2. The second-order valence-electron chi connectivity index (χ2n) is 26.6. The van der Waals surface area contributed by atoms with Gasteiger partial charge >= 0.3 is 39.5 Å².